The summed E-state index contributed by atoms with van der Waals surface area (Å²) >= 11 is 0. The topological polar surface area (TPSA) is 98.5 Å². The van der Waals surface area contributed by atoms with Crippen molar-refractivity contribution in [2.75, 3.05) is 44.9 Å². The average Bonchev–Trinajstić information content (AvgIpc) is 3.27. The molecule has 33 heavy (non-hydrogen) atoms. The minimum atomic E-state index is -0.643. The fourth-order valence-electron chi connectivity index (χ4n) is 4.32. The number of carbonyl (C=O) groups is 2. The van der Waals surface area contributed by atoms with Gasteiger partial charge in [0.1, 0.15) is 11.2 Å². The van der Waals surface area contributed by atoms with Crippen LogP contribution < -0.4 is 10.3 Å². The third-order valence-corrected chi connectivity index (χ3v) is 5.83. The molecule has 0 saturated carbocycles. The maximum atomic E-state index is 13.1. The zero-order valence-electron chi connectivity index (χ0n) is 19.5. The van der Waals surface area contributed by atoms with Crippen LogP contribution in [0.3, 0.4) is 0 Å². The molecule has 3 heterocycles. The zero-order valence-corrected chi connectivity index (χ0v) is 19.5. The van der Waals surface area contributed by atoms with E-state index in [0.717, 1.165) is 6.42 Å². The number of rotatable bonds is 3. The molecule has 2 aliphatic heterocycles. The number of likely N-dealkylation sites (tertiary alicyclic amines) is 1. The van der Waals surface area contributed by atoms with Crippen LogP contribution in [0, 0.1) is 0 Å². The number of esters is 1. The van der Waals surface area contributed by atoms with Gasteiger partial charge in [-0.25, -0.2) is 9.59 Å². The number of amides is 1. The van der Waals surface area contributed by atoms with E-state index in [4.69, 9.17) is 18.6 Å². The van der Waals surface area contributed by atoms with Crippen LogP contribution in [0.4, 0.5) is 10.7 Å². The first-order valence-electron chi connectivity index (χ1n) is 11.2. The standard InChI is InChI=1S/C24H30N2O7/c1-24(2,3)33-23(29)26-7-5-6-18(26)16-12-15(22(28)30-4)13-17-19(27)14-20(32-21(16)17)25-8-10-31-11-9-25/h12-14,18H,5-11H2,1-4H3/t18-/m1/s1. The van der Waals surface area contributed by atoms with Gasteiger partial charge >= 0.3 is 12.1 Å². The van der Waals surface area contributed by atoms with Gasteiger partial charge in [0.15, 0.2) is 11.3 Å². The van der Waals surface area contributed by atoms with E-state index in [0.29, 0.717) is 56.3 Å². The van der Waals surface area contributed by atoms with E-state index < -0.39 is 23.7 Å². The lowest BCUT2D eigenvalue weighted by atomic mass is 9.98. The molecule has 2 saturated heterocycles. The van der Waals surface area contributed by atoms with Gasteiger partial charge < -0.3 is 28.4 Å². The summed E-state index contributed by atoms with van der Waals surface area (Å²) < 4.78 is 22.2. The Hall–Kier alpha value is -3.07. The van der Waals surface area contributed by atoms with Crippen molar-refractivity contribution >= 4 is 28.9 Å². The monoisotopic (exact) mass is 458 g/mol. The number of fused-ring (bicyclic) bond motifs is 1. The predicted octanol–water partition coefficient (Wildman–Crippen LogP) is 3.49. The van der Waals surface area contributed by atoms with E-state index in [1.807, 2.05) is 25.7 Å². The molecule has 178 valence electrons. The third kappa shape index (κ3) is 4.83. The van der Waals surface area contributed by atoms with Gasteiger partial charge in [-0.1, -0.05) is 0 Å². The summed E-state index contributed by atoms with van der Waals surface area (Å²) in [5.41, 5.74) is 0.311. The van der Waals surface area contributed by atoms with Crippen molar-refractivity contribution in [3.63, 3.8) is 0 Å². The maximum absolute atomic E-state index is 13.1. The Kier molecular flexibility index (Phi) is 6.34. The van der Waals surface area contributed by atoms with Crippen molar-refractivity contribution in [2.24, 2.45) is 0 Å². The van der Waals surface area contributed by atoms with Crippen LogP contribution in [0.15, 0.2) is 27.4 Å². The highest BCUT2D eigenvalue weighted by molar-refractivity contribution is 5.95. The Morgan fingerprint density at radius 3 is 2.48 bits per heavy atom. The number of hydrogen-bond acceptors (Lipinski definition) is 8. The number of carbonyl (C=O) groups excluding carboxylic acids is 2. The Labute approximate surface area is 192 Å². The summed E-state index contributed by atoms with van der Waals surface area (Å²) in [7, 11) is 1.29. The Balaban J connectivity index is 1.85. The SMILES string of the molecule is COC(=O)c1cc([C@H]2CCCN2C(=O)OC(C)(C)C)c2oc(N3CCOCC3)cc(=O)c2c1. The van der Waals surface area contributed by atoms with Gasteiger partial charge in [-0.3, -0.25) is 4.79 Å². The number of hydrogen-bond donors (Lipinski definition) is 0. The summed E-state index contributed by atoms with van der Waals surface area (Å²) in [6, 6.07) is 4.20. The minimum Gasteiger partial charge on any atom is -0.465 e. The lowest BCUT2D eigenvalue weighted by Gasteiger charge is -2.30. The molecule has 0 bridgehead atoms. The molecule has 0 N–H and O–H groups in total. The lowest BCUT2D eigenvalue weighted by Crippen LogP contribution is -2.37. The first-order valence-corrected chi connectivity index (χ1v) is 11.2. The summed E-state index contributed by atoms with van der Waals surface area (Å²) in [4.78, 5) is 42.0. The smallest absolute Gasteiger partial charge is 0.410 e. The van der Waals surface area contributed by atoms with Crippen molar-refractivity contribution in [1.82, 2.24) is 4.90 Å². The summed E-state index contributed by atoms with van der Waals surface area (Å²) in [5.74, 6) is -0.110. The molecule has 4 rings (SSSR count). The number of anilines is 1. The molecule has 0 aliphatic carbocycles. The van der Waals surface area contributed by atoms with E-state index in [1.54, 1.807) is 11.0 Å². The molecule has 1 amide bonds. The number of methoxy groups -OCH3 is 1. The molecule has 9 nitrogen and oxygen atoms in total. The summed E-state index contributed by atoms with van der Waals surface area (Å²) in [6.45, 7) is 8.27. The maximum Gasteiger partial charge on any atom is 0.410 e. The molecule has 2 fully saturated rings. The number of nitrogens with zero attached hydrogens (tertiary/aromatic N) is 2. The van der Waals surface area contributed by atoms with Gasteiger partial charge in [0.2, 0.25) is 0 Å². The van der Waals surface area contributed by atoms with Gasteiger partial charge in [0.25, 0.3) is 0 Å². The summed E-state index contributed by atoms with van der Waals surface area (Å²) in [6.07, 6.45) is 0.986. The van der Waals surface area contributed by atoms with Crippen molar-refractivity contribution < 1.29 is 28.2 Å². The molecule has 9 heteroatoms. The second kappa shape index (κ2) is 9.05. The van der Waals surface area contributed by atoms with Crippen LogP contribution in [0.25, 0.3) is 11.0 Å². The first-order chi connectivity index (χ1) is 15.7. The molecule has 2 aromatic rings. The van der Waals surface area contributed by atoms with Crippen molar-refractivity contribution in [1.29, 1.82) is 0 Å². The molecule has 0 spiro atoms. The van der Waals surface area contributed by atoms with Gasteiger partial charge in [-0.15, -0.1) is 0 Å². The van der Waals surface area contributed by atoms with E-state index in [-0.39, 0.29) is 16.4 Å². The molecule has 1 atom stereocenters. The van der Waals surface area contributed by atoms with Crippen LogP contribution in [0.2, 0.25) is 0 Å². The van der Waals surface area contributed by atoms with Gasteiger partial charge in [-0.05, 0) is 45.7 Å². The predicted molar refractivity (Wildman–Crippen MR) is 122 cm³/mol. The Morgan fingerprint density at radius 2 is 1.82 bits per heavy atom. The van der Waals surface area contributed by atoms with E-state index in [9.17, 15) is 14.4 Å². The fraction of sp³-hybridized carbons (Fsp3) is 0.542. The molecule has 0 radical (unpaired) electrons. The van der Waals surface area contributed by atoms with Crippen molar-refractivity contribution in [3.05, 3.63) is 39.5 Å². The molecular weight excluding hydrogens is 428 g/mol. The van der Waals surface area contributed by atoms with Gasteiger partial charge in [-0.2, -0.15) is 0 Å². The number of ether oxygens (including phenoxy) is 3. The molecular formula is C24H30N2O7. The third-order valence-electron chi connectivity index (χ3n) is 5.83. The van der Waals surface area contributed by atoms with Crippen LogP contribution >= 0.6 is 0 Å². The van der Waals surface area contributed by atoms with Gasteiger partial charge in [0, 0.05) is 31.3 Å². The van der Waals surface area contributed by atoms with Crippen molar-refractivity contribution in [2.45, 2.75) is 45.3 Å². The Bertz CT molecular complexity index is 1110. The number of morpholine rings is 1. The number of benzene rings is 1. The average molecular weight is 459 g/mol. The van der Waals surface area contributed by atoms with Crippen molar-refractivity contribution in [3.8, 4) is 0 Å². The fourth-order valence-corrected chi connectivity index (χ4v) is 4.32. The second-order valence-corrected chi connectivity index (χ2v) is 9.31. The summed E-state index contributed by atoms with van der Waals surface area (Å²) in [5, 5.41) is 0.279. The van der Waals surface area contributed by atoms with Crippen LogP contribution in [-0.2, 0) is 14.2 Å². The second-order valence-electron chi connectivity index (χ2n) is 9.31. The molecule has 0 unspecified atom stereocenters. The highest BCUT2D eigenvalue weighted by atomic mass is 16.6. The largest absolute Gasteiger partial charge is 0.465 e. The van der Waals surface area contributed by atoms with Crippen LogP contribution in [0.5, 0.6) is 0 Å². The molecule has 1 aromatic heterocycles. The van der Waals surface area contributed by atoms with E-state index in [2.05, 4.69) is 0 Å². The first kappa shape index (κ1) is 23.1. The van der Waals surface area contributed by atoms with Gasteiger partial charge in [0.05, 0.1) is 37.3 Å². The quantitative estimate of drug-likeness (QED) is 0.645. The zero-order chi connectivity index (χ0) is 23.8. The van der Waals surface area contributed by atoms with Crippen LogP contribution in [-0.4, -0.2) is 62.5 Å². The van der Waals surface area contributed by atoms with E-state index in [1.165, 1.54) is 19.2 Å². The van der Waals surface area contributed by atoms with E-state index >= 15 is 0 Å². The minimum absolute atomic E-state index is 0.238. The molecule has 2 aliphatic rings. The Morgan fingerprint density at radius 1 is 1.09 bits per heavy atom. The highest BCUT2D eigenvalue weighted by Gasteiger charge is 2.35. The normalized spacial score (nSPS) is 19.1. The highest BCUT2D eigenvalue weighted by Crippen LogP contribution is 2.38. The van der Waals surface area contributed by atoms with Crippen LogP contribution in [0.1, 0.15) is 55.6 Å². The molecule has 1 aromatic carbocycles. The lowest BCUT2D eigenvalue weighted by molar-refractivity contribution is 0.0225.